The fourth-order valence-corrected chi connectivity index (χ4v) is 5.52. The molecule has 0 unspecified atom stereocenters. The Morgan fingerprint density at radius 3 is 2.50 bits per heavy atom. The molecule has 0 bridgehead atoms. The van der Waals surface area contributed by atoms with E-state index in [4.69, 9.17) is 21.3 Å². The van der Waals surface area contributed by atoms with Crippen LogP contribution in [0.1, 0.15) is 25.6 Å². The normalized spacial score (nSPS) is 12.7. The van der Waals surface area contributed by atoms with Gasteiger partial charge in [-0.3, -0.25) is 4.57 Å². The molecule has 0 atom stereocenters. The van der Waals surface area contributed by atoms with Crippen molar-refractivity contribution < 1.29 is 13.6 Å². The van der Waals surface area contributed by atoms with Gasteiger partial charge >= 0.3 is 7.60 Å². The van der Waals surface area contributed by atoms with Gasteiger partial charge in [-0.2, -0.15) is 0 Å². The second-order valence-electron chi connectivity index (χ2n) is 3.60. The highest BCUT2D eigenvalue weighted by Gasteiger charge is 2.32. The van der Waals surface area contributed by atoms with Crippen molar-refractivity contribution in [3.05, 3.63) is 27.7 Å². The maximum absolute atomic E-state index is 12.9. The number of hydrogen-bond acceptors (Lipinski definition) is 6. The van der Waals surface area contributed by atoms with Crippen molar-refractivity contribution in [2.45, 2.75) is 20.8 Å². The van der Waals surface area contributed by atoms with E-state index in [1.165, 1.54) is 11.8 Å². The number of rotatable bonds is 8. The van der Waals surface area contributed by atoms with Crippen LogP contribution in [-0.2, 0) is 13.6 Å². The largest absolute Gasteiger partial charge is 0.363 e. The van der Waals surface area contributed by atoms with Crippen LogP contribution in [0.4, 0.5) is 0 Å². The first-order valence-corrected chi connectivity index (χ1v) is 10.2. The van der Waals surface area contributed by atoms with Crippen LogP contribution in [-0.4, -0.2) is 23.2 Å². The maximum atomic E-state index is 12.9. The minimum atomic E-state index is -3.35. The van der Waals surface area contributed by atoms with Gasteiger partial charge in [0.2, 0.25) is 0 Å². The third-order valence-electron chi connectivity index (χ3n) is 2.20. The zero-order chi connectivity index (χ0) is 15.0. The summed E-state index contributed by atoms with van der Waals surface area (Å²) in [6.07, 6.45) is 1.82. The highest BCUT2D eigenvalue weighted by atomic mass is 32.2. The molecule has 0 fully saturated rings. The van der Waals surface area contributed by atoms with Crippen molar-refractivity contribution in [3.63, 3.8) is 0 Å². The molecule has 1 heterocycles. The van der Waals surface area contributed by atoms with Gasteiger partial charge in [0.25, 0.3) is 0 Å². The lowest BCUT2D eigenvalue weighted by Gasteiger charge is -2.20. The van der Waals surface area contributed by atoms with Crippen LogP contribution < -0.4 is 0 Å². The molecule has 1 aromatic rings. The summed E-state index contributed by atoms with van der Waals surface area (Å²) in [5.74, 6) is 0.818. The van der Waals surface area contributed by atoms with Crippen LogP contribution in [0.2, 0.25) is 0 Å². The zero-order valence-corrected chi connectivity index (χ0v) is 15.2. The summed E-state index contributed by atoms with van der Waals surface area (Å²) in [6.45, 7) is 6.23. The number of thiocarbonyl (C=S) groups is 1. The van der Waals surface area contributed by atoms with Crippen LogP contribution in [0.25, 0.3) is 6.08 Å². The van der Waals surface area contributed by atoms with E-state index in [2.05, 4.69) is 0 Å². The predicted octanol–water partition coefficient (Wildman–Crippen LogP) is 5.44. The Morgan fingerprint density at radius 2 is 2.05 bits per heavy atom. The summed E-state index contributed by atoms with van der Waals surface area (Å²) in [5.41, 5.74) is 0. The maximum Gasteiger partial charge on any atom is 0.363 e. The lowest BCUT2D eigenvalue weighted by molar-refractivity contribution is 0.228. The lowest BCUT2D eigenvalue weighted by atomic mass is 10.4. The second-order valence-corrected chi connectivity index (χ2v) is 8.51. The van der Waals surface area contributed by atoms with Gasteiger partial charge in [0.15, 0.2) is 0 Å². The fourth-order valence-electron chi connectivity index (χ4n) is 1.48. The Labute approximate surface area is 134 Å². The molecule has 0 aliphatic heterocycles. The van der Waals surface area contributed by atoms with Gasteiger partial charge in [0.05, 0.1) is 22.7 Å². The minimum absolute atomic E-state index is 0.318. The number of thiophene rings is 1. The second kappa shape index (κ2) is 9.13. The molecule has 0 aliphatic carbocycles. The molecule has 0 radical (unpaired) electrons. The molecule has 0 saturated heterocycles. The van der Waals surface area contributed by atoms with Crippen molar-refractivity contribution in [2.24, 2.45) is 0 Å². The molecule has 0 aromatic carbocycles. The van der Waals surface area contributed by atoms with Gasteiger partial charge in [0, 0.05) is 4.88 Å². The van der Waals surface area contributed by atoms with Crippen molar-refractivity contribution in [3.8, 4) is 0 Å². The van der Waals surface area contributed by atoms with Gasteiger partial charge in [-0.05, 0) is 37.1 Å². The quantitative estimate of drug-likeness (QED) is 0.355. The van der Waals surface area contributed by atoms with Crippen LogP contribution in [0.3, 0.4) is 0 Å². The third-order valence-corrected chi connectivity index (χ3v) is 6.81. The number of thioether (sulfide) groups is 1. The van der Waals surface area contributed by atoms with Crippen molar-refractivity contribution in [2.75, 3.05) is 19.0 Å². The molecule has 0 aliphatic rings. The Bertz CT molecular complexity index is 487. The molecule has 1 aromatic heterocycles. The van der Waals surface area contributed by atoms with Crippen LogP contribution in [0.5, 0.6) is 0 Å². The van der Waals surface area contributed by atoms with Gasteiger partial charge in [0.1, 0.15) is 0 Å². The van der Waals surface area contributed by atoms with E-state index in [1.807, 2.05) is 30.5 Å². The summed E-state index contributed by atoms with van der Waals surface area (Å²) in [5, 5.41) is 2.46. The van der Waals surface area contributed by atoms with E-state index in [1.54, 1.807) is 25.2 Å². The van der Waals surface area contributed by atoms with Gasteiger partial charge < -0.3 is 9.05 Å². The molecule has 20 heavy (non-hydrogen) atoms. The van der Waals surface area contributed by atoms with Crippen LogP contribution in [0, 0.1) is 0 Å². The van der Waals surface area contributed by atoms with Crippen molar-refractivity contribution >= 4 is 53.2 Å². The van der Waals surface area contributed by atoms with Crippen LogP contribution >= 0.6 is 42.9 Å². The van der Waals surface area contributed by atoms with Gasteiger partial charge in [-0.25, -0.2) is 0 Å². The number of hydrogen-bond donors (Lipinski definition) is 0. The highest BCUT2D eigenvalue weighted by molar-refractivity contribution is 8.24. The standard InChI is InChI=1S/C13H19O3PS3/c1-4-15-17(14,16-5-2)12(13(18)19-6-3)10-11-8-7-9-20-11/h7-10H,4-6H2,1-3H3/b12-10+. The van der Waals surface area contributed by atoms with E-state index >= 15 is 0 Å². The molecule has 0 amide bonds. The topological polar surface area (TPSA) is 35.5 Å². The third kappa shape index (κ3) is 5.10. The molecule has 3 nitrogen and oxygen atoms in total. The Morgan fingerprint density at radius 1 is 1.40 bits per heavy atom. The van der Waals surface area contributed by atoms with Crippen molar-refractivity contribution in [1.82, 2.24) is 0 Å². The van der Waals surface area contributed by atoms with E-state index in [9.17, 15) is 4.57 Å². The molecular weight excluding hydrogens is 331 g/mol. The Hall–Kier alpha value is 0.0300. The SMILES string of the molecule is CCOP(=O)(OCC)/C(=C/c1cccs1)C(=S)SCC. The monoisotopic (exact) mass is 350 g/mol. The van der Waals surface area contributed by atoms with E-state index in [-0.39, 0.29) is 0 Å². The van der Waals surface area contributed by atoms with Gasteiger partial charge in [-0.1, -0.05) is 25.2 Å². The summed E-state index contributed by atoms with van der Waals surface area (Å²) in [6, 6.07) is 3.89. The average molecular weight is 350 g/mol. The highest BCUT2D eigenvalue weighted by Crippen LogP contribution is 2.58. The first-order chi connectivity index (χ1) is 9.57. The lowest BCUT2D eigenvalue weighted by Crippen LogP contribution is -2.04. The zero-order valence-electron chi connectivity index (χ0n) is 11.8. The molecule has 0 N–H and O–H groups in total. The first-order valence-electron chi connectivity index (χ1n) is 6.39. The molecule has 7 heteroatoms. The molecule has 112 valence electrons. The van der Waals surface area contributed by atoms with Gasteiger partial charge in [-0.15, -0.1) is 23.1 Å². The molecule has 0 saturated carbocycles. The Kier molecular flexibility index (Phi) is 8.25. The fraction of sp³-hybridized carbons (Fsp3) is 0.462. The summed E-state index contributed by atoms with van der Waals surface area (Å²) in [7, 11) is -3.35. The molecule has 1 rings (SSSR count). The minimum Gasteiger partial charge on any atom is -0.305 e. The smallest absolute Gasteiger partial charge is 0.305 e. The predicted molar refractivity (Wildman–Crippen MR) is 93.9 cm³/mol. The summed E-state index contributed by atoms with van der Waals surface area (Å²) in [4.78, 5) is 0.985. The average Bonchev–Trinajstić information content (AvgIpc) is 2.89. The molecule has 0 spiro atoms. The first kappa shape index (κ1) is 18.1. The van der Waals surface area contributed by atoms with Crippen molar-refractivity contribution in [1.29, 1.82) is 0 Å². The summed E-state index contributed by atoms with van der Waals surface area (Å²) < 4.78 is 24.4. The summed E-state index contributed by atoms with van der Waals surface area (Å²) >= 11 is 8.43. The van der Waals surface area contributed by atoms with E-state index < -0.39 is 7.60 Å². The van der Waals surface area contributed by atoms with Crippen LogP contribution in [0.15, 0.2) is 22.8 Å². The Balaban J connectivity index is 3.20. The van der Waals surface area contributed by atoms with E-state index in [0.717, 1.165) is 10.6 Å². The molecular formula is C13H19O3PS3. The van der Waals surface area contributed by atoms with E-state index in [0.29, 0.717) is 22.7 Å².